The molecule has 0 aliphatic carbocycles. The lowest BCUT2D eigenvalue weighted by molar-refractivity contribution is 0.108. The summed E-state index contributed by atoms with van der Waals surface area (Å²) in [6.07, 6.45) is 1.11. The molecule has 0 fully saturated rings. The lowest BCUT2D eigenvalue weighted by Gasteiger charge is -2.06. The lowest BCUT2D eigenvalue weighted by Crippen LogP contribution is -2.05. The number of sulfone groups is 1. The van der Waals surface area contributed by atoms with Crippen molar-refractivity contribution in [1.29, 1.82) is 0 Å². The summed E-state index contributed by atoms with van der Waals surface area (Å²) in [5.74, 6) is 0. The monoisotopic (exact) mass is 306 g/mol. The Hall–Kier alpha value is -1.59. The van der Waals surface area contributed by atoms with E-state index < -0.39 is 9.84 Å². The average molecular weight is 306 g/mol. The molecule has 2 aromatic carbocycles. The van der Waals surface area contributed by atoms with E-state index in [0.29, 0.717) is 0 Å². The van der Waals surface area contributed by atoms with Gasteiger partial charge in [0.15, 0.2) is 9.84 Å². The van der Waals surface area contributed by atoms with Gasteiger partial charge in [0.1, 0.15) is 0 Å². The molecule has 0 aliphatic heterocycles. The Morgan fingerprint density at radius 1 is 1.00 bits per heavy atom. The molecule has 20 heavy (non-hydrogen) atoms. The lowest BCUT2D eigenvalue weighted by atomic mass is 10.2. The standard InChI is InChI=1S/C15H14O3S2/c1-11-7-9-12(10-8-11)19-15(16)13-5-3-4-6-14(13)20(2,17)18/h3-10H,1-2H3. The highest BCUT2D eigenvalue weighted by Crippen LogP contribution is 2.26. The SMILES string of the molecule is Cc1ccc(SC(=O)c2ccccc2S(C)(=O)=O)cc1. The van der Waals surface area contributed by atoms with Crippen LogP contribution in [0.1, 0.15) is 15.9 Å². The molecule has 2 rings (SSSR count). The number of aryl methyl sites for hydroxylation is 1. The van der Waals surface area contributed by atoms with Gasteiger partial charge in [-0.3, -0.25) is 4.79 Å². The summed E-state index contributed by atoms with van der Waals surface area (Å²) in [5.41, 5.74) is 1.33. The molecule has 0 amide bonds. The fraction of sp³-hybridized carbons (Fsp3) is 0.133. The molecular weight excluding hydrogens is 292 g/mol. The van der Waals surface area contributed by atoms with Crippen LogP contribution in [0.4, 0.5) is 0 Å². The van der Waals surface area contributed by atoms with Gasteiger partial charge in [0.25, 0.3) is 0 Å². The van der Waals surface area contributed by atoms with Crippen molar-refractivity contribution in [2.45, 2.75) is 16.7 Å². The zero-order valence-corrected chi connectivity index (χ0v) is 12.8. The normalized spacial score (nSPS) is 11.3. The van der Waals surface area contributed by atoms with Crippen LogP contribution in [0.5, 0.6) is 0 Å². The highest BCUT2D eigenvalue weighted by Gasteiger charge is 2.18. The maximum Gasteiger partial charge on any atom is 0.225 e. The molecular formula is C15H14O3S2. The average Bonchev–Trinajstić information content (AvgIpc) is 2.40. The van der Waals surface area contributed by atoms with Gasteiger partial charge >= 0.3 is 0 Å². The largest absolute Gasteiger partial charge is 0.281 e. The summed E-state index contributed by atoms with van der Waals surface area (Å²) in [7, 11) is -3.41. The number of hydrogen-bond acceptors (Lipinski definition) is 4. The number of benzene rings is 2. The summed E-state index contributed by atoms with van der Waals surface area (Å²) in [4.78, 5) is 13.1. The van der Waals surface area contributed by atoms with Crippen LogP contribution < -0.4 is 0 Å². The van der Waals surface area contributed by atoms with E-state index in [9.17, 15) is 13.2 Å². The Morgan fingerprint density at radius 3 is 2.20 bits per heavy atom. The predicted octanol–water partition coefficient (Wildman–Crippen LogP) is 3.33. The molecule has 0 N–H and O–H groups in total. The molecule has 0 aromatic heterocycles. The van der Waals surface area contributed by atoms with E-state index >= 15 is 0 Å². The highest BCUT2D eigenvalue weighted by molar-refractivity contribution is 8.14. The third-order valence-corrected chi connectivity index (χ3v) is 4.81. The van der Waals surface area contributed by atoms with E-state index in [1.165, 1.54) is 6.07 Å². The first-order valence-electron chi connectivity index (χ1n) is 5.96. The maximum absolute atomic E-state index is 12.3. The van der Waals surface area contributed by atoms with E-state index in [1.807, 2.05) is 31.2 Å². The second-order valence-electron chi connectivity index (χ2n) is 4.47. The quantitative estimate of drug-likeness (QED) is 0.816. The summed E-state index contributed by atoms with van der Waals surface area (Å²) in [6.45, 7) is 1.97. The Bertz CT molecular complexity index is 732. The minimum absolute atomic E-state index is 0.0737. The van der Waals surface area contributed by atoms with Crippen molar-refractivity contribution in [2.24, 2.45) is 0 Å². The molecule has 0 radical (unpaired) electrons. The Morgan fingerprint density at radius 2 is 1.60 bits per heavy atom. The van der Waals surface area contributed by atoms with Gasteiger partial charge in [0.05, 0.1) is 4.90 Å². The summed E-state index contributed by atoms with van der Waals surface area (Å²) >= 11 is 1.03. The van der Waals surface area contributed by atoms with E-state index in [4.69, 9.17) is 0 Å². The fourth-order valence-corrected chi connectivity index (χ4v) is 3.45. The number of thioether (sulfide) groups is 1. The van der Waals surface area contributed by atoms with Crippen LogP contribution in [-0.2, 0) is 9.84 Å². The van der Waals surface area contributed by atoms with E-state index in [2.05, 4.69) is 0 Å². The first-order chi connectivity index (χ1) is 9.38. The molecule has 0 unspecified atom stereocenters. The molecule has 0 bridgehead atoms. The summed E-state index contributed by atoms with van der Waals surface area (Å²) in [5, 5.41) is -0.269. The van der Waals surface area contributed by atoms with Gasteiger partial charge < -0.3 is 0 Å². The molecule has 0 atom stereocenters. The smallest absolute Gasteiger partial charge is 0.225 e. The summed E-state index contributed by atoms with van der Waals surface area (Å²) < 4.78 is 23.4. The van der Waals surface area contributed by atoms with Crippen molar-refractivity contribution in [3.63, 3.8) is 0 Å². The first kappa shape index (κ1) is 14.8. The van der Waals surface area contributed by atoms with E-state index in [-0.39, 0.29) is 15.6 Å². The van der Waals surface area contributed by atoms with Crippen LogP contribution >= 0.6 is 11.8 Å². The minimum Gasteiger partial charge on any atom is -0.281 e. The molecule has 5 heteroatoms. The van der Waals surface area contributed by atoms with Gasteiger partial charge in [-0.1, -0.05) is 29.8 Å². The second kappa shape index (κ2) is 5.81. The van der Waals surface area contributed by atoms with E-state index in [0.717, 1.165) is 28.5 Å². The number of carbonyl (C=O) groups excluding carboxylic acids is 1. The zero-order valence-electron chi connectivity index (χ0n) is 11.2. The maximum atomic E-state index is 12.3. The number of carbonyl (C=O) groups is 1. The van der Waals surface area contributed by atoms with Gasteiger partial charge in [0.2, 0.25) is 5.12 Å². The Labute approximate surface area is 122 Å². The van der Waals surface area contributed by atoms with Gasteiger partial charge in [-0.15, -0.1) is 0 Å². The Kier molecular flexibility index (Phi) is 4.30. The molecule has 2 aromatic rings. The van der Waals surface area contributed by atoms with Crippen LogP contribution in [0.3, 0.4) is 0 Å². The van der Waals surface area contributed by atoms with Gasteiger partial charge in [0, 0.05) is 16.7 Å². The first-order valence-corrected chi connectivity index (χ1v) is 8.66. The van der Waals surface area contributed by atoms with Gasteiger partial charge in [-0.05, 0) is 43.0 Å². The highest BCUT2D eigenvalue weighted by atomic mass is 32.2. The third kappa shape index (κ3) is 3.49. The Balaban J connectivity index is 2.33. The van der Waals surface area contributed by atoms with Crippen molar-refractivity contribution in [2.75, 3.05) is 6.26 Å². The number of rotatable bonds is 3. The van der Waals surface area contributed by atoms with Crippen LogP contribution in [0.2, 0.25) is 0 Å². The van der Waals surface area contributed by atoms with Crippen molar-refractivity contribution >= 4 is 26.7 Å². The van der Waals surface area contributed by atoms with Crippen LogP contribution in [0, 0.1) is 6.92 Å². The molecule has 104 valence electrons. The molecule has 0 saturated heterocycles. The topological polar surface area (TPSA) is 51.2 Å². The number of hydrogen-bond donors (Lipinski definition) is 0. The van der Waals surface area contributed by atoms with Crippen molar-refractivity contribution < 1.29 is 13.2 Å². The van der Waals surface area contributed by atoms with Gasteiger partial charge in [-0.2, -0.15) is 0 Å². The molecule has 3 nitrogen and oxygen atoms in total. The molecule has 0 heterocycles. The molecule has 0 aliphatic rings. The third-order valence-electron chi connectivity index (χ3n) is 2.74. The van der Waals surface area contributed by atoms with Crippen molar-refractivity contribution in [3.05, 3.63) is 59.7 Å². The van der Waals surface area contributed by atoms with Crippen LogP contribution in [-0.4, -0.2) is 19.8 Å². The predicted molar refractivity (Wildman–Crippen MR) is 80.9 cm³/mol. The van der Waals surface area contributed by atoms with Crippen LogP contribution in [0.15, 0.2) is 58.3 Å². The molecule has 0 spiro atoms. The minimum atomic E-state index is -3.41. The summed E-state index contributed by atoms with van der Waals surface area (Å²) in [6, 6.07) is 13.8. The second-order valence-corrected chi connectivity index (χ2v) is 7.50. The van der Waals surface area contributed by atoms with Crippen LogP contribution in [0.25, 0.3) is 0 Å². The zero-order chi connectivity index (χ0) is 14.8. The van der Waals surface area contributed by atoms with Crippen molar-refractivity contribution in [3.8, 4) is 0 Å². The van der Waals surface area contributed by atoms with Gasteiger partial charge in [-0.25, -0.2) is 8.42 Å². The fourth-order valence-electron chi connectivity index (χ4n) is 1.73. The van der Waals surface area contributed by atoms with Crippen molar-refractivity contribution in [1.82, 2.24) is 0 Å². The van der Waals surface area contributed by atoms with E-state index in [1.54, 1.807) is 18.2 Å². The molecule has 0 saturated carbocycles.